The maximum atomic E-state index is 4.98. The maximum Gasteiger partial charge on any atom is 0.0478 e. The summed E-state index contributed by atoms with van der Waals surface area (Å²) in [6.07, 6.45) is 1.08. The van der Waals surface area contributed by atoms with E-state index in [0.29, 0.717) is 6.61 Å². The summed E-state index contributed by atoms with van der Waals surface area (Å²) in [6.45, 7) is 5.98. The van der Waals surface area contributed by atoms with Gasteiger partial charge < -0.3 is 10.1 Å². The summed E-state index contributed by atoms with van der Waals surface area (Å²) >= 11 is 0. The third kappa shape index (κ3) is 5.92. The van der Waals surface area contributed by atoms with Crippen LogP contribution in [0.2, 0.25) is 0 Å². The molecule has 0 fully saturated rings. The Balaban J connectivity index is 2.53. The van der Waals surface area contributed by atoms with Crippen LogP contribution in [-0.4, -0.2) is 26.8 Å². The van der Waals surface area contributed by atoms with Crippen molar-refractivity contribution in [2.45, 2.75) is 6.42 Å². The highest BCUT2D eigenvalue weighted by Gasteiger charge is 1.81. The van der Waals surface area contributed by atoms with Crippen molar-refractivity contribution in [1.29, 1.82) is 0 Å². The SMILES string of the molecule is [CH2]COCCCNC. The second kappa shape index (κ2) is 6.92. The first-order valence-electron chi connectivity index (χ1n) is 2.93. The topological polar surface area (TPSA) is 21.3 Å². The summed E-state index contributed by atoms with van der Waals surface area (Å²) < 4.78 is 4.98. The van der Waals surface area contributed by atoms with E-state index in [4.69, 9.17) is 4.74 Å². The Morgan fingerprint density at radius 2 is 2.38 bits per heavy atom. The van der Waals surface area contributed by atoms with Crippen molar-refractivity contribution >= 4 is 0 Å². The molecule has 0 atom stereocenters. The smallest absolute Gasteiger partial charge is 0.0478 e. The van der Waals surface area contributed by atoms with Gasteiger partial charge in [-0.2, -0.15) is 0 Å². The molecule has 0 unspecified atom stereocenters. The summed E-state index contributed by atoms with van der Waals surface area (Å²) in [4.78, 5) is 0. The van der Waals surface area contributed by atoms with E-state index < -0.39 is 0 Å². The van der Waals surface area contributed by atoms with Crippen LogP contribution in [-0.2, 0) is 4.74 Å². The van der Waals surface area contributed by atoms with Crippen LogP contribution in [0.25, 0.3) is 0 Å². The highest BCUT2D eigenvalue weighted by atomic mass is 16.5. The van der Waals surface area contributed by atoms with Gasteiger partial charge in [0.25, 0.3) is 0 Å². The molecule has 1 radical (unpaired) electrons. The molecule has 0 rings (SSSR count). The van der Waals surface area contributed by atoms with E-state index in [2.05, 4.69) is 12.2 Å². The van der Waals surface area contributed by atoms with Crippen LogP contribution >= 0.6 is 0 Å². The van der Waals surface area contributed by atoms with E-state index in [-0.39, 0.29) is 0 Å². The zero-order chi connectivity index (χ0) is 6.24. The minimum Gasteiger partial charge on any atom is -0.381 e. The number of hydrogen-bond donors (Lipinski definition) is 1. The Labute approximate surface area is 51.2 Å². The zero-order valence-corrected chi connectivity index (χ0v) is 5.44. The van der Waals surface area contributed by atoms with Crippen LogP contribution in [0, 0.1) is 6.92 Å². The van der Waals surface area contributed by atoms with E-state index >= 15 is 0 Å². The Kier molecular flexibility index (Phi) is 6.85. The second-order valence-electron chi connectivity index (χ2n) is 1.57. The van der Waals surface area contributed by atoms with Gasteiger partial charge in [0.1, 0.15) is 0 Å². The molecule has 0 aromatic carbocycles. The summed E-state index contributed by atoms with van der Waals surface area (Å²) in [6, 6.07) is 0. The van der Waals surface area contributed by atoms with Gasteiger partial charge in [-0.25, -0.2) is 0 Å². The van der Waals surface area contributed by atoms with Crippen LogP contribution in [0.4, 0.5) is 0 Å². The fraction of sp³-hybridized carbons (Fsp3) is 0.833. The van der Waals surface area contributed by atoms with Gasteiger partial charge in [-0.1, -0.05) is 0 Å². The summed E-state index contributed by atoms with van der Waals surface area (Å²) in [5.74, 6) is 0. The molecule has 0 heterocycles. The molecule has 0 aliphatic heterocycles. The average molecular weight is 116 g/mol. The monoisotopic (exact) mass is 116 g/mol. The van der Waals surface area contributed by atoms with Gasteiger partial charge >= 0.3 is 0 Å². The highest BCUT2D eigenvalue weighted by Crippen LogP contribution is 1.77. The van der Waals surface area contributed by atoms with Crippen molar-refractivity contribution in [1.82, 2.24) is 5.32 Å². The number of ether oxygens (including phenoxy) is 1. The van der Waals surface area contributed by atoms with E-state index in [1.807, 2.05) is 7.05 Å². The predicted molar refractivity (Wildman–Crippen MR) is 34.7 cm³/mol. The van der Waals surface area contributed by atoms with Gasteiger partial charge in [-0.05, 0) is 26.9 Å². The molecule has 2 nitrogen and oxygen atoms in total. The van der Waals surface area contributed by atoms with Crippen LogP contribution in [0.3, 0.4) is 0 Å². The first-order valence-corrected chi connectivity index (χ1v) is 2.93. The predicted octanol–water partition coefficient (Wildman–Crippen LogP) is 0.447. The molecule has 0 aromatic rings. The number of hydrogen-bond acceptors (Lipinski definition) is 2. The van der Waals surface area contributed by atoms with E-state index in [1.165, 1.54) is 0 Å². The molecule has 49 valence electrons. The molecule has 2 heteroatoms. The summed E-state index contributed by atoms with van der Waals surface area (Å²) in [5.41, 5.74) is 0. The first-order chi connectivity index (χ1) is 3.91. The maximum absolute atomic E-state index is 4.98. The molecule has 0 saturated heterocycles. The van der Waals surface area contributed by atoms with Gasteiger partial charge in [0.15, 0.2) is 0 Å². The van der Waals surface area contributed by atoms with Crippen molar-refractivity contribution in [3.8, 4) is 0 Å². The third-order valence-corrected chi connectivity index (χ3v) is 0.860. The van der Waals surface area contributed by atoms with Crippen LogP contribution in [0.5, 0.6) is 0 Å². The largest absolute Gasteiger partial charge is 0.381 e. The van der Waals surface area contributed by atoms with Crippen molar-refractivity contribution in [3.05, 3.63) is 6.92 Å². The number of nitrogens with one attached hydrogen (secondary N) is 1. The van der Waals surface area contributed by atoms with Gasteiger partial charge in [0.05, 0.1) is 0 Å². The van der Waals surface area contributed by atoms with Gasteiger partial charge in [0, 0.05) is 13.2 Å². The highest BCUT2D eigenvalue weighted by molar-refractivity contribution is 4.39. The number of rotatable bonds is 5. The van der Waals surface area contributed by atoms with Crippen molar-refractivity contribution in [2.24, 2.45) is 0 Å². The first kappa shape index (κ1) is 7.92. The van der Waals surface area contributed by atoms with Crippen LogP contribution in [0.1, 0.15) is 6.42 Å². The van der Waals surface area contributed by atoms with Crippen molar-refractivity contribution < 1.29 is 4.74 Å². The van der Waals surface area contributed by atoms with E-state index in [0.717, 1.165) is 19.6 Å². The molecule has 0 aliphatic carbocycles. The Morgan fingerprint density at radius 1 is 1.62 bits per heavy atom. The minimum absolute atomic E-state index is 0.587. The van der Waals surface area contributed by atoms with Crippen molar-refractivity contribution in [3.63, 3.8) is 0 Å². The molecule has 8 heavy (non-hydrogen) atoms. The zero-order valence-electron chi connectivity index (χ0n) is 5.44. The molecular formula is C6H14NO. The van der Waals surface area contributed by atoms with E-state index in [9.17, 15) is 0 Å². The summed E-state index contributed by atoms with van der Waals surface area (Å²) in [7, 11) is 1.93. The minimum atomic E-state index is 0.587. The molecule has 0 saturated carbocycles. The summed E-state index contributed by atoms with van der Waals surface area (Å²) in [5, 5.41) is 3.03. The van der Waals surface area contributed by atoms with E-state index in [1.54, 1.807) is 0 Å². The van der Waals surface area contributed by atoms with Crippen LogP contribution < -0.4 is 5.32 Å². The fourth-order valence-corrected chi connectivity index (χ4v) is 0.453. The molecule has 0 aliphatic rings. The molecule has 1 N–H and O–H groups in total. The lowest BCUT2D eigenvalue weighted by molar-refractivity contribution is 0.158. The van der Waals surface area contributed by atoms with Gasteiger partial charge in [-0.3, -0.25) is 0 Å². The standard InChI is InChI=1S/C6H14NO/c1-3-8-6-4-5-7-2/h7H,1,3-6H2,2H3. The second-order valence-corrected chi connectivity index (χ2v) is 1.57. The van der Waals surface area contributed by atoms with Gasteiger partial charge in [-0.15, -0.1) is 0 Å². The quantitative estimate of drug-likeness (QED) is 0.526. The lowest BCUT2D eigenvalue weighted by Gasteiger charge is -1.98. The van der Waals surface area contributed by atoms with Crippen molar-refractivity contribution in [2.75, 3.05) is 26.8 Å². The Morgan fingerprint density at radius 3 is 2.88 bits per heavy atom. The third-order valence-electron chi connectivity index (χ3n) is 0.860. The van der Waals surface area contributed by atoms with Crippen LogP contribution in [0.15, 0.2) is 0 Å². The fourth-order valence-electron chi connectivity index (χ4n) is 0.453. The molecular weight excluding hydrogens is 102 g/mol. The normalized spacial score (nSPS) is 9.75. The Bertz CT molecular complexity index is 33.5. The molecule has 0 aromatic heterocycles. The Hall–Kier alpha value is -0.0800. The molecule has 0 amide bonds. The lowest BCUT2D eigenvalue weighted by atomic mass is 10.4. The van der Waals surface area contributed by atoms with Gasteiger partial charge in [0.2, 0.25) is 0 Å². The lowest BCUT2D eigenvalue weighted by Crippen LogP contribution is -2.10. The molecule has 0 bridgehead atoms. The average Bonchev–Trinajstić information content (AvgIpc) is 1.81. The molecule has 0 spiro atoms.